The molecule has 0 radical (unpaired) electrons. The summed E-state index contributed by atoms with van der Waals surface area (Å²) in [7, 11) is 0. The van der Waals surface area contributed by atoms with Gasteiger partial charge in [0.15, 0.2) is 11.5 Å². The monoisotopic (exact) mass is 410 g/mol. The first-order valence-electron chi connectivity index (χ1n) is 9.98. The topological polar surface area (TPSA) is 93.0 Å². The minimum Gasteiger partial charge on any atom is -0.454 e. The van der Waals surface area contributed by atoms with Gasteiger partial charge in [-0.1, -0.05) is 19.9 Å². The Balaban J connectivity index is 1.42. The third-order valence-electron chi connectivity index (χ3n) is 4.88. The Labute approximate surface area is 175 Å². The Kier molecular flexibility index (Phi) is 5.99. The molecule has 30 heavy (non-hydrogen) atoms. The van der Waals surface area contributed by atoms with E-state index < -0.39 is 6.04 Å². The summed E-state index contributed by atoms with van der Waals surface area (Å²) in [5, 5.41) is 4.86. The lowest BCUT2D eigenvalue weighted by Gasteiger charge is -2.34. The molecule has 158 valence electrons. The van der Waals surface area contributed by atoms with Gasteiger partial charge in [-0.15, -0.1) is 0 Å². The second-order valence-electron chi connectivity index (χ2n) is 7.65. The number of aliphatic imine (C=N–C) groups is 1. The molecule has 0 saturated carbocycles. The summed E-state index contributed by atoms with van der Waals surface area (Å²) < 4.78 is 12.7. The molecule has 1 aromatic carbocycles. The van der Waals surface area contributed by atoms with E-state index in [0.29, 0.717) is 24.6 Å². The average molecular weight is 410 g/mol. The van der Waals surface area contributed by atoms with Crippen LogP contribution < -0.4 is 20.2 Å². The Bertz CT molecular complexity index is 925. The molecular weight excluding hydrogens is 384 g/mol. The lowest BCUT2D eigenvalue weighted by molar-refractivity contribution is -0.125. The molecular formula is C21H26N6O3. The lowest BCUT2D eigenvalue weighted by atomic mass is 10.0. The van der Waals surface area contributed by atoms with Crippen LogP contribution >= 0.6 is 0 Å². The van der Waals surface area contributed by atoms with Crippen LogP contribution in [0.4, 0.5) is 0 Å². The summed E-state index contributed by atoms with van der Waals surface area (Å²) in [6.45, 7) is 4.83. The second kappa shape index (κ2) is 9.00. The molecule has 2 atom stereocenters. The maximum absolute atomic E-state index is 13.0. The number of nitrogens with one attached hydrogen (secondary N) is 2. The van der Waals surface area contributed by atoms with Gasteiger partial charge in [-0.2, -0.15) is 0 Å². The molecule has 2 unspecified atom stereocenters. The van der Waals surface area contributed by atoms with Crippen molar-refractivity contribution in [2.45, 2.75) is 39.0 Å². The highest BCUT2D eigenvalue weighted by Gasteiger charge is 2.26. The number of aromatic nitrogens is 2. The minimum atomic E-state index is -0.414. The Morgan fingerprint density at radius 3 is 2.97 bits per heavy atom. The molecule has 0 spiro atoms. The van der Waals surface area contributed by atoms with Crippen molar-refractivity contribution in [3.8, 4) is 11.5 Å². The standard InChI is InChI=1S/C21H26N6O3/c1-15(2)9-17(25-27-13-22-6-5-20(27)26-8-7-23-12-26)21(28)24-11-16-3-4-18-19(10-16)30-14-29-18/h3-8,10,12-13,15,17,20,25H,9,11,14H2,1-2H3,(H,24,28). The zero-order valence-corrected chi connectivity index (χ0v) is 17.1. The maximum atomic E-state index is 13.0. The van der Waals surface area contributed by atoms with Crippen molar-refractivity contribution in [2.75, 3.05) is 6.79 Å². The average Bonchev–Trinajstić information content (AvgIpc) is 3.43. The zero-order chi connectivity index (χ0) is 20.9. The van der Waals surface area contributed by atoms with Crippen LogP contribution in [0.3, 0.4) is 0 Å². The molecule has 9 heteroatoms. The van der Waals surface area contributed by atoms with E-state index in [-0.39, 0.29) is 18.9 Å². The van der Waals surface area contributed by atoms with E-state index in [0.717, 1.165) is 11.3 Å². The summed E-state index contributed by atoms with van der Waals surface area (Å²) in [5.74, 6) is 1.70. The number of fused-ring (bicyclic) bond motifs is 1. The highest BCUT2D eigenvalue weighted by atomic mass is 16.7. The number of carbonyl (C=O) groups is 1. The van der Waals surface area contributed by atoms with Gasteiger partial charge in [-0.25, -0.2) is 15.4 Å². The number of rotatable bonds is 8. The molecule has 0 aliphatic carbocycles. The largest absolute Gasteiger partial charge is 0.454 e. The molecule has 0 bridgehead atoms. The predicted octanol–water partition coefficient (Wildman–Crippen LogP) is 2.20. The first kappa shape index (κ1) is 20.0. The number of hydrogen-bond donors (Lipinski definition) is 2. The fourth-order valence-electron chi connectivity index (χ4n) is 3.41. The highest BCUT2D eigenvalue weighted by Crippen LogP contribution is 2.32. The van der Waals surface area contributed by atoms with Gasteiger partial charge in [0.25, 0.3) is 0 Å². The fraction of sp³-hybridized carbons (Fsp3) is 0.381. The summed E-state index contributed by atoms with van der Waals surface area (Å²) in [6, 6.07) is 5.27. The van der Waals surface area contributed by atoms with Crippen LogP contribution in [0.25, 0.3) is 0 Å². The van der Waals surface area contributed by atoms with Gasteiger partial charge in [0, 0.05) is 25.1 Å². The van der Waals surface area contributed by atoms with E-state index in [9.17, 15) is 4.79 Å². The normalized spacial score (nSPS) is 18.1. The zero-order valence-electron chi connectivity index (χ0n) is 17.1. The number of amides is 1. The summed E-state index contributed by atoms with van der Waals surface area (Å²) in [5.41, 5.74) is 4.28. The van der Waals surface area contributed by atoms with Crippen molar-refractivity contribution >= 4 is 12.2 Å². The van der Waals surface area contributed by atoms with E-state index >= 15 is 0 Å². The third kappa shape index (κ3) is 4.62. The quantitative estimate of drug-likeness (QED) is 0.693. The van der Waals surface area contributed by atoms with Crippen LogP contribution in [-0.2, 0) is 11.3 Å². The highest BCUT2D eigenvalue weighted by molar-refractivity contribution is 5.82. The van der Waals surface area contributed by atoms with Gasteiger partial charge in [0.05, 0.1) is 6.33 Å². The smallest absolute Gasteiger partial charge is 0.239 e. The second-order valence-corrected chi connectivity index (χ2v) is 7.65. The molecule has 1 aromatic heterocycles. The fourth-order valence-corrected chi connectivity index (χ4v) is 3.41. The van der Waals surface area contributed by atoms with Crippen LogP contribution in [0.5, 0.6) is 11.5 Å². The first-order valence-corrected chi connectivity index (χ1v) is 9.98. The van der Waals surface area contributed by atoms with Crippen molar-refractivity contribution in [1.82, 2.24) is 25.3 Å². The molecule has 1 amide bonds. The molecule has 2 aromatic rings. The number of nitrogens with zero attached hydrogens (tertiary/aromatic N) is 4. The predicted molar refractivity (Wildman–Crippen MR) is 112 cm³/mol. The van der Waals surface area contributed by atoms with Gasteiger partial charge in [0.2, 0.25) is 12.7 Å². The van der Waals surface area contributed by atoms with Crippen LogP contribution in [0.15, 0.2) is 54.2 Å². The molecule has 2 aliphatic heterocycles. The van der Waals surface area contributed by atoms with Crippen molar-refractivity contribution in [3.63, 3.8) is 0 Å². The Morgan fingerprint density at radius 1 is 1.30 bits per heavy atom. The van der Waals surface area contributed by atoms with Gasteiger partial charge < -0.3 is 19.4 Å². The van der Waals surface area contributed by atoms with E-state index in [1.165, 1.54) is 0 Å². The van der Waals surface area contributed by atoms with Crippen molar-refractivity contribution in [3.05, 3.63) is 54.8 Å². The minimum absolute atomic E-state index is 0.0753. The van der Waals surface area contributed by atoms with Gasteiger partial charge >= 0.3 is 0 Å². The van der Waals surface area contributed by atoms with E-state index in [1.54, 1.807) is 25.1 Å². The number of ether oxygens (including phenoxy) is 2. The molecule has 0 saturated heterocycles. The third-order valence-corrected chi connectivity index (χ3v) is 4.88. The first-order chi connectivity index (χ1) is 14.6. The van der Waals surface area contributed by atoms with Gasteiger partial charge in [0.1, 0.15) is 18.5 Å². The van der Waals surface area contributed by atoms with E-state index in [2.05, 4.69) is 34.6 Å². The molecule has 0 fully saturated rings. The van der Waals surface area contributed by atoms with Crippen LogP contribution in [-0.4, -0.2) is 39.6 Å². The Hall–Kier alpha value is -3.33. The molecule has 9 nitrogen and oxygen atoms in total. The number of benzene rings is 1. The molecule has 2 aliphatic rings. The molecule has 3 heterocycles. The number of hydrogen-bond acceptors (Lipinski definition) is 7. The van der Waals surface area contributed by atoms with Gasteiger partial charge in [-0.05, 0) is 36.1 Å². The molecule has 2 N–H and O–H groups in total. The van der Waals surface area contributed by atoms with Crippen LogP contribution in [0.1, 0.15) is 32.0 Å². The summed E-state index contributed by atoms with van der Waals surface area (Å²) >= 11 is 0. The number of imidazole rings is 1. The summed E-state index contributed by atoms with van der Waals surface area (Å²) in [6.07, 6.45) is 11.2. The van der Waals surface area contributed by atoms with Crippen molar-refractivity contribution in [2.24, 2.45) is 10.9 Å². The maximum Gasteiger partial charge on any atom is 0.239 e. The number of carbonyl (C=O) groups excluding carboxylic acids is 1. The molecule has 4 rings (SSSR count). The Morgan fingerprint density at radius 2 is 2.17 bits per heavy atom. The van der Waals surface area contributed by atoms with Gasteiger partial charge in [-0.3, -0.25) is 9.80 Å². The summed E-state index contributed by atoms with van der Waals surface area (Å²) in [4.78, 5) is 21.3. The van der Waals surface area contributed by atoms with Crippen LogP contribution in [0.2, 0.25) is 0 Å². The van der Waals surface area contributed by atoms with Crippen LogP contribution in [0, 0.1) is 5.92 Å². The van der Waals surface area contributed by atoms with E-state index in [4.69, 9.17) is 9.47 Å². The van der Waals surface area contributed by atoms with E-state index in [1.807, 2.05) is 40.0 Å². The van der Waals surface area contributed by atoms with Crippen molar-refractivity contribution < 1.29 is 14.3 Å². The van der Waals surface area contributed by atoms with Crippen molar-refractivity contribution in [1.29, 1.82) is 0 Å². The SMILES string of the molecule is CC(C)CC(NN1C=NC=CC1n1ccnc1)C(=O)NCc1ccc2c(c1)OCO2. The number of hydrazine groups is 1. The lowest BCUT2D eigenvalue weighted by Crippen LogP contribution is -2.53.